The number of carbonyl (C=O) groups excluding carboxylic acids is 1. The highest BCUT2D eigenvalue weighted by atomic mass is 16.4. The number of carbonyl (C=O) groups is 3. The van der Waals surface area contributed by atoms with Crippen LogP contribution in [0.1, 0.15) is 38.0 Å². The Morgan fingerprint density at radius 3 is 1.38 bits per heavy atom. The topological polar surface area (TPSA) is 91.7 Å². The van der Waals surface area contributed by atoms with E-state index in [2.05, 4.69) is 0 Å². The predicted molar refractivity (Wildman–Crippen MR) is 76.8 cm³/mol. The summed E-state index contributed by atoms with van der Waals surface area (Å²) < 4.78 is 0. The number of ketones is 1. The molecule has 0 spiro atoms. The standard InChI is InChI=1S/C8H6O4.C8H8O/c9-7(10)5-3-1-2-4-6(5)8(11)12;1-7(9)8-5-3-2-4-6-8/h1-4H,(H,9,10)(H,11,12);2-6H,1H3. The molecule has 0 amide bonds. The first-order valence-electron chi connectivity index (χ1n) is 6.05. The summed E-state index contributed by atoms with van der Waals surface area (Å²) in [7, 11) is 0. The molecule has 5 heteroatoms. The second-order valence-corrected chi connectivity index (χ2v) is 4.08. The third-order valence-corrected chi connectivity index (χ3v) is 2.57. The Balaban J connectivity index is 0.000000219. The lowest BCUT2D eigenvalue weighted by atomic mass is 10.1. The van der Waals surface area contributed by atoms with E-state index in [-0.39, 0.29) is 16.9 Å². The lowest BCUT2D eigenvalue weighted by Gasteiger charge is -1.98. The Morgan fingerprint density at radius 1 is 0.714 bits per heavy atom. The molecule has 108 valence electrons. The Labute approximate surface area is 121 Å². The SMILES string of the molecule is CC(=O)c1ccccc1.O=C(O)c1ccccc1C(=O)O. The molecule has 0 saturated carbocycles. The van der Waals surface area contributed by atoms with Crippen LogP contribution in [0.5, 0.6) is 0 Å². The highest BCUT2D eigenvalue weighted by Gasteiger charge is 2.13. The molecule has 2 aromatic rings. The van der Waals surface area contributed by atoms with Crippen LogP contribution in [0, 0.1) is 0 Å². The molecule has 0 aliphatic rings. The second kappa shape index (κ2) is 7.59. The zero-order valence-electron chi connectivity index (χ0n) is 11.3. The summed E-state index contributed by atoms with van der Waals surface area (Å²) in [6.45, 7) is 1.56. The maximum Gasteiger partial charge on any atom is 0.336 e. The molecular weight excluding hydrogens is 272 g/mol. The number of hydrogen-bond acceptors (Lipinski definition) is 3. The van der Waals surface area contributed by atoms with Crippen LogP contribution in [-0.2, 0) is 0 Å². The summed E-state index contributed by atoms with van der Waals surface area (Å²) in [6.07, 6.45) is 0. The van der Waals surface area contributed by atoms with Gasteiger partial charge >= 0.3 is 11.9 Å². The zero-order valence-corrected chi connectivity index (χ0v) is 11.3. The largest absolute Gasteiger partial charge is 0.478 e. The van der Waals surface area contributed by atoms with Crippen LogP contribution in [0.4, 0.5) is 0 Å². The second-order valence-electron chi connectivity index (χ2n) is 4.08. The van der Waals surface area contributed by atoms with Gasteiger partial charge in [0.15, 0.2) is 5.78 Å². The smallest absolute Gasteiger partial charge is 0.336 e. The van der Waals surface area contributed by atoms with Gasteiger partial charge in [0.1, 0.15) is 0 Å². The van der Waals surface area contributed by atoms with Gasteiger partial charge in [-0.2, -0.15) is 0 Å². The van der Waals surface area contributed by atoms with E-state index in [1.165, 1.54) is 24.3 Å². The first kappa shape index (κ1) is 16.1. The molecule has 0 aromatic heterocycles. The number of benzene rings is 2. The maximum absolute atomic E-state index is 10.6. The van der Waals surface area contributed by atoms with E-state index in [1.54, 1.807) is 6.92 Å². The number of rotatable bonds is 3. The van der Waals surface area contributed by atoms with Crippen LogP contribution in [0.15, 0.2) is 54.6 Å². The summed E-state index contributed by atoms with van der Waals surface area (Å²) in [5.41, 5.74) is 0.396. The van der Waals surface area contributed by atoms with E-state index < -0.39 is 11.9 Å². The van der Waals surface area contributed by atoms with Crippen molar-refractivity contribution in [3.05, 3.63) is 71.3 Å². The van der Waals surface area contributed by atoms with E-state index in [1.807, 2.05) is 30.3 Å². The summed E-state index contributed by atoms with van der Waals surface area (Å²) in [4.78, 5) is 31.6. The normalized spacial score (nSPS) is 9.19. The molecule has 0 unspecified atom stereocenters. The maximum atomic E-state index is 10.6. The van der Waals surface area contributed by atoms with Crippen molar-refractivity contribution in [2.45, 2.75) is 6.92 Å². The Hall–Kier alpha value is -2.95. The molecule has 2 rings (SSSR count). The molecule has 0 radical (unpaired) electrons. The lowest BCUT2D eigenvalue weighted by Crippen LogP contribution is -2.06. The molecule has 0 atom stereocenters. The third-order valence-electron chi connectivity index (χ3n) is 2.57. The van der Waals surface area contributed by atoms with Gasteiger partial charge in [0, 0.05) is 5.56 Å². The number of hydrogen-bond donors (Lipinski definition) is 2. The Bertz CT molecular complexity index is 614. The predicted octanol–water partition coefficient (Wildman–Crippen LogP) is 2.97. The molecule has 5 nitrogen and oxygen atoms in total. The van der Waals surface area contributed by atoms with Crippen LogP contribution < -0.4 is 0 Å². The summed E-state index contributed by atoms with van der Waals surface area (Å²) in [5.74, 6) is -2.34. The number of aromatic carboxylic acids is 2. The monoisotopic (exact) mass is 286 g/mol. The van der Waals surface area contributed by atoms with E-state index in [4.69, 9.17) is 10.2 Å². The van der Waals surface area contributed by atoms with E-state index in [9.17, 15) is 14.4 Å². The van der Waals surface area contributed by atoms with E-state index in [0.29, 0.717) is 0 Å². The summed E-state index contributed by atoms with van der Waals surface area (Å²) in [6, 6.07) is 14.7. The van der Waals surface area contributed by atoms with Crippen LogP contribution in [0.3, 0.4) is 0 Å². The van der Waals surface area contributed by atoms with Gasteiger partial charge in [0.05, 0.1) is 11.1 Å². The van der Waals surface area contributed by atoms with Crippen LogP contribution >= 0.6 is 0 Å². The fraction of sp³-hybridized carbons (Fsp3) is 0.0625. The summed E-state index contributed by atoms with van der Waals surface area (Å²) in [5, 5.41) is 17.1. The molecule has 0 heterocycles. The third kappa shape index (κ3) is 4.91. The van der Waals surface area contributed by atoms with Crippen molar-refractivity contribution >= 4 is 17.7 Å². The van der Waals surface area contributed by atoms with E-state index >= 15 is 0 Å². The van der Waals surface area contributed by atoms with Crippen molar-refractivity contribution in [2.75, 3.05) is 0 Å². The minimum absolute atomic E-state index is 0.121. The number of carboxylic acid groups (broad SMARTS) is 2. The first-order chi connectivity index (χ1) is 9.93. The molecule has 2 N–H and O–H groups in total. The molecular formula is C16H14O5. The van der Waals surface area contributed by atoms with Gasteiger partial charge in [-0.1, -0.05) is 42.5 Å². The van der Waals surface area contributed by atoms with Crippen LogP contribution in [0.25, 0.3) is 0 Å². The van der Waals surface area contributed by atoms with Gasteiger partial charge in [-0.25, -0.2) is 9.59 Å². The highest BCUT2D eigenvalue weighted by molar-refractivity contribution is 6.01. The van der Waals surface area contributed by atoms with Gasteiger partial charge in [-0.05, 0) is 19.1 Å². The van der Waals surface area contributed by atoms with Crippen molar-refractivity contribution in [1.29, 1.82) is 0 Å². The van der Waals surface area contributed by atoms with Gasteiger partial charge in [-0.3, -0.25) is 4.79 Å². The molecule has 0 saturated heterocycles. The molecule has 0 aliphatic heterocycles. The lowest BCUT2D eigenvalue weighted by molar-refractivity contribution is 0.0651. The number of Topliss-reactive ketones (excluding diaryl/α,β-unsaturated/α-hetero) is 1. The zero-order chi connectivity index (χ0) is 15.8. The van der Waals surface area contributed by atoms with Crippen molar-refractivity contribution < 1.29 is 24.6 Å². The van der Waals surface area contributed by atoms with Gasteiger partial charge in [0.25, 0.3) is 0 Å². The fourth-order valence-electron chi connectivity index (χ4n) is 1.53. The molecule has 0 aliphatic carbocycles. The molecule has 21 heavy (non-hydrogen) atoms. The quantitative estimate of drug-likeness (QED) is 0.846. The molecule has 0 fully saturated rings. The van der Waals surface area contributed by atoms with Crippen molar-refractivity contribution in [2.24, 2.45) is 0 Å². The van der Waals surface area contributed by atoms with Crippen LogP contribution in [0.2, 0.25) is 0 Å². The number of carboxylic acids is 2. The summed E-state index contributed by atoms with van der Waals surface area (Å²) >= 11 is 0. The van der Waals surface area contributed by atoms with Crippen LogP contribution in [-0.4, -0.2) is 27.9 Å². The van der Waals surface area contributed by atoms with Crippen molar-refractivity contribution in [3.8, 4) is 0 Å². The Morgan fingerprint density at radius 2 is 1.10 bits per heavy atom. The minimum Gasteiger partial charge on any atom is -0.478 e. The van der Waals surface area contributed by atoms with Crippen molar-refractivity contribution in [1.82, 2.24) is 0 Å². The molecule has 2 aromatic carbocycles. The van der Waals surface area contributed by atoms with Gasteiger partial charge in [-0.15, -0.1) is 0 Å². The minimum atomic E-state index is -1.23. The van der Waals surface area contributed by atoms with Gasteiger partial charge in [0.2, 0.25) is 0 Å². The average molecular weight is 286 g/mol. The Kier molecular flexibility index (Phi) is 5.82. The highest BCUT2D eigenvalue weighted by Crippen LogP contribution is 2.07. The van der Waals surface area contributed by atoms with Crippen molar-refractivity contribution in [3.63, 3.8) is 0 Å². The average Bonchev–Trinajstić information content (AvgIpc) is 2.48. The first-order valence-corrected chi connectivity index (χ1v) is 6.05. The van der Waals surface area contributed by atoms with Gasteiger partial charge < -0.3 is 10.2 Å². The van der Waals surface area contributed by atoms with E-state index in [0.717, 1.165) is 5.56 Å². The fourth-order valence-corrected chi connectivity index (χ4v) is 1.53. The molecule has 0 bridgehead atoms.